The molecule has 36 heavy (non-hydrogen) atoms. The van der Waals surface area contributed by atoms with Crippen LogP contribution in [0.3, 0.4) is 0 Å². The molecule has 0 bridgehead atoms. The van der Waals surface area contributed by atoms with Crippen molar-refractivity contribution in [2.24, 2.45) is 0 Å². The molecule has 194 valence electrons. The molecular weight excluding hydrogens is 452 g/mol. The Morgan fingerprint density at radius 2 is 1.94 bits per heavy atom. The number of nitrogens with one attached hydrogen (secondary N) is 2. The molecule has 0 aliphatic carbocycles. The molecule has 1 aromatic heterocycles. The van der Waals surface area contributed by atoms with Crippen molar-refractivity contribution in [3.05, 3.63) is 48.2 Å². The summed E-state index contributed by atoms with van der Waals surface area (Å²) in [6.07, 6.45) is 8.04. The zero-order valence-electron chi connectivity index (χ0n) is 21.7. The molecular formula is C28H40N6O2. The van der Waals surface area contributed by atoms with E-state index in [4.69, 9.17) is 0 Å². The van der Waals surface area contributed by atoms with Crippen molar-refractivity contribution in [3.8, 4) is 0 Å². The number of carbonyl (C=O) groups is 2. The van der Waals surface area contributed by atoms with Gasteiger partial charge in [-0.3, -0.25) is 4.79 Å². The Bertz CT molecular complexity index is 1020. The molecule has 2 N–H and O–H groups in total. The molecule has 2 aliphatic heterocycles. The maximum atomic E-state index is 14.1. The van der Waals surface area contributed by atoms with Gasteiger partial charge in [-0.25, -0.2) is 14.7 Å². The zero-order chi connectivity index (χ0) is 25.3. The number of nitrogens with zero attached hydrogens (tertiary/aromatic N) is 4. The number of rotatable bonds is 10. The predicted molar refractivity (Wildman–Crippen MR) is 145 cm³/mol. The van der Waals surface area contributed by atoms with E-state index in [1.54, 1.807) is 23.2 Å². The molecule has 8 heteroatoms. The largest absolute Gasteiger partial charge is 0.330 e. The minimum Gasteiger partial charge on any atom is -0.321 e. The van der Waals surface area contributed by atoms with Crippen molar-refractivity contribution >= 4 is 29.1 Å². The quantitative estimate of drug-likeness (QED) is 0.463. The van der Waals surface area contributed by atoms with E-state index in [-0.39, 0.29) is 18.0 Å². The normalized spacial score (nSPS) is 17.4. The molecule has 0 saturated carbocycles. The number of likely N-dealkylation sites (tertiary alicyclic amines) is 1. The summed E-state index contributed by atoms with van der Waals surface area (Å²) in [7, 11) is 0. The Morgan fingerprint density at radius 3 is 2.78 bits per heavy atom. The molecule has 0 spiro atoms. The SMILES string of the molecule is CCN(CC)CCCCNCCC1CCCCN1C(=O)N1c2ccccc2NC(=O)c2cccnc21. The molecule has 2 aliphatic rings. The smallest absolute Gasteiger partial charge is 0.321 e. The number of piperidine rings is 1. The van der Waals surface area contributed by atoms with E-state index in [1.165, 1.54) is 6.42 Å². The molecule has 1 atom stereocenters. The Hall–Kier alpha value is -2.97. The first kappa shape index (κ1) is 26.1. The highest BCUT2D eigenvalue weighted by Gasteiger charge is 2.36. The van der Waals surface area contributed by atoms with Gasteiger partial charge in [0.15, 0.2) is 5.82 Å². The number of hydrogen-bond donors (Lipinski definition) is 2. The van der Waals surface area contributed by atoms with Crippen molar-refractivity contribution in [2.45, 2.75) is 58.4 Å². The standard InChI is InChI=1S/C28H40N6O2/c1-3-32(4-2)20-10-8-17-29-19-16-22-12-7-9-21-33(22)28(36)34-25-15-6-5-14-24(25)31-27(35)23-13-11-18-30-26(23)34/h5-6,11,13-15,18,22,29H,3-4,7-10,12,16-17,19-21H2,1-2H3,(H,31,35). The molecule has 3 heterocycles. The van der Waals surface area contributed by atoms with Crippen LogP contribution in [-0.4, -0.2) is 72.0 Å². The summed E-state index contributed by atoms with van der Waals surface area (Å²) >= 11 is 0. The second-order valence-electron chi connectivity index (χ2n) is 9.58. The Labute approximate surface area is 215 Å². The number of aromatic nitrogens is 1. The third kappa shape index (κ3) is 6.05. The van der Waals surface area contributed by atoms with Crippen molar-refractivity contribution in [2.75, 3.05) is 49.5 Å². The fraction of sp³-hybridized carbons (Fsp3) is 0.536. The number of benzene rings is 1. The highest BCUT2D eigenvalue weighted by atomic mass is 16.2. The average molecular weight is 493 g/mol. The van der Waals surface area contributed by atoms with Gasteiger partial charge in [0.1, 0.15) is 0 Å². The van der Waals surface area contributed by atoms with Gasteiger partial charge >= 0.3 is 6.03 Å². The van der Waals surface area contributed by atoms with Crippen LogP contribution in [0.15, 0.2) is 42.6 Å². The first-order valence-corrected chi connectivity index (χ1v) is 13.5. The molecule has 3 amide bonds. The van der Waals surface area contributed by atoms with Gasteiger partial charge in [-0.05, 0) is 95.5 Å². The van der Waals surface area contributed by atoms with E-state index in [2.05, 4.69) is 34.4 Å². The van der Waals surface area contributed by atoms with Gasteiger partial charge < -0.3 is 20.4 Å². The number of para-hydroxylation sites is 2. The first-order chi connectivity index (χ1) is 17.6. The molecule has 0 radical (unpaired) electrons. The lowest BCUT2D eigenvalue weighted by Gasteiger charge is -2.39. The van der Waals surface area contributed by atoms with E-state index < -0.39 is 0 Å². The van der Waals surface area contributed by atoms with Gasteiger partial charge in [-0.15, -0.1) is 0 Å². The lowest BCUT2D eigenvalue weighted by Crippen LogP contribution is -2.50. The number of unbranched alkanes of at least 4 members (excludes halogenated alkanes) is 1. The van der Waals surface area contributed by atoms with Crippen LogP contribution in [0.25, 0.3) is 0 Å². The van der Waals surface area contributed by atoms with Crippen LogP contribution < -0.4 is 15.5 Å². The van der Waals surface area contributed by atoms with Gasteiger partial charge in [0, 0.05) is 18.8 Å². The van der Waals surface area contributed by atoms with E-state index in [9.17, 15) is 9.59 Å². The van der Waals surface area contributed by atoms with Crippen LogP contribution in [0.4, 0.5) is 22.0 Å². The average Bonchev–Trinajstić information content (AvgIpc) is 3.04. The monoisotopic (exact) mass is 492 g/mol. The van der Waals surface area contributed by atoms with Crippen LogP contribution in [0.2, 0.25) is 0 Å². The summed E-state index contributed by atoms with van der Waals surface area (Å²) in [5.74, 6) is 0.141. The summed E-state index contributed by atoms with van der Waals surface area (Å²) < 4.78 is 0. The minimum absolute atomic E-state index is 0.108. The number of amides is 3. The lowest BCUT2D eigenvalue weighted by atomic mass is 9.99. The van der Waals surface area contributed by atoms with Gasteiger partial charge in [-0.2, -0.15) is 0 Å². The van der Waals surface area contributed by atoms with Crippen molar-refractivity contribution in [1.82, 2.24) is 20.1 Å². The zero-order valence-corrected chi connectivity index (χ0v) is 21.7. The number of anilines is 3. The van der Waals surface area contributed by atoms with Gasteiger partial charge in [0.25, 0.3) is 5.91 Å². The van der Waals surface area contributed by atoms with Crippen molar-refractivity contribution < 1.29 is 9.59 Å². The van der Waals surface area contributed by atoms with Crippen LogP contribution in [0.1, 0.15) is 62.7 Å². The van der Waals surface area contributed by atoms with Gasteiger partial charge in [-0.1, -0.05) is 26.0 Å². The molecule has 4 rings (SSSR count). The third-order valence-corrected chi connectivity index (χ3v) is 7.33. The van der Waals surface area contributed by atoms with Crippen molar-refractivity contribution in [1.29, 1.82) is 0 Å². The Balaban J connectivity index is 1.43. The Kier molecular flexibility index (Phi) is 9.30. The molecule has 1 fully saturated rings. The van der Waals surface area contributed by atoms with E-state index in [1.807, 2.05) is 29.2 Å². The maximum Gasteiger partial charge on any atom is 0.330 e. The first-order valence-electron chi connectivity index (χ1n) is 13.5. The predicted octanol–water partition coefficient (Wildman–Crippen LogP) is 4.86. The van der Waals surface area contributed by atoms with Crippen LogP contribution in [-0.2, 0) is 0 Å². The van der Waals surface area contributed by atoms with Crippen LogP contribution in [0, 0.1) is 0 Å². The van der Waals surface area contributed by atoms with E-state index in [0.29, 0.717) is 22.8 Å². The summed E-state index contributed by atoms with van der Waals surface area (Å²) in [5, 5.41) is 6.54. The van der Waals surface area contributed by atoms with E-state index in [0.717, 1.165) is 71.4 Å². The fourth-order valence-corrected chi connectivity index (χ4v) is 5.22. The summed E-state index contributed by atoms with van der Waals surface area (Å²) in [6.45, 7) is 10.4. The second kappa shape index (κ2) is 12.8. The molecule has 1 unspecified atom stereocenters. The highest BCUT2D eigenvalue weighted by molar-refractivity contribution is 6.16. The molecule has 8 nitrogen and oxygen atoms in total. The van der Waals surface area contributed by atoms with Crippen molar-refractivity contribution in [3.63, 3.8) is 0 Å². The van der Waals surface area contributed by atoms with Gasteiger partial charge in [0.05, 0.1) is 16.9 Å². The second-order valence-corrected chi connectivity index (χ2v) is 9.58. The Morgan fingerprint density at radius 1 is 1.11 bits per heavy atom. The molecule has 1 aromatic carbocycles. The van der Waals surface area contributed by atoms with Crippen LogP contribution in [0.5, 0.6) is 0 Å². The topological polar surface area (TPSA) is 80.8 Å². The molecule has 1 saturated heterocycles. The van der Waals surface area contributed by atoms with E-state index >= 15 is 0 Å². The highest BCUT2D eigenvalue weighted by Crippen LogP contribution is 2.38. The number of pyridine rings is 1. The number of fused-ring (bicyclic) bond motifs is 2. The fourth-order valence-electron chi connectivity index (χ4n) is 5.22. The van der Waals surface area contributed by atoms with Crippen LogP contribution >= 0.6 is 0 Å². The minimum atomic E-state index is -0.249. The number of carbonyl (C=O) groups excluding carboxylic acids is 2. The molecule has 2 aromatic rings. The maximum absolute atomic E-state index is 14.1. The lowest BCUT2D eigenvalue weighted by molar-refractivity contribution is 0.102. The number of hydrogen-bond acceptors (Lipinski definition) is 5. The number of urea groups is 1. The van der Waals surface area contributed by atoms with Gasteiger partial charge in [0.2, 0.25) is 0 Å². The summed E-state index contributed by atoms with van der Waals surface area (Å²) in [5.41, 5.74) is 1.68. The third-order valence-electron chi connectivity index (χ3n) is 7.33. The summed E-state index contributed by atoms with van der Waals surface area (Å²) in [6, 6.07) is 11.0. The summed E-state index contributed by atoms with van der Waals surface area (Å²) in [4.78, 5) is 37.5.